The highest BCUT2D eigenvalue weighted by atomic mass is 16.5. The molecule has 1 aromatic carbocycles. The van der Waals surface area contributed by atoms with Gasteiger partial charge in [-0.05, 0) is 55.3 Å². The van der Waals surface area contributed by atoms with Gasteiger partial charge in [0.15, 0.2) is 0 Å². The third kappa shape index (κ3) is 3.39. The molecule has 0 bridgehead atoms. The van der Waals surface area contributed by atoms with Crippen molar-refractivity contribution < 1.29 is 4.74 Å². The maximum absolute atomic E-state index is 12.5. The van der Waals surface area contributed by atoms with Gasteiger partial charge in [-0.2, -0.15) is 0 Å². The summed E-state index contributed by atoms with van der Waals surface area (Å²) in [5.74, 6) is 0.856. The Morgan fingerprint density at radius 2 is 2.00 bits per heavy atom. The molecule has 4 heteroatoms. The molecular formula is C18H24N2O2. The Bertz CT molecular complexity index is 705. The summed E-state index contributed by atoms with van der Waals surface area (Å²) in [6.45, 7) is 5.65. The lowest BCUT2D eigenvalue weighted by Crippen LogP contribution is -2.26. The van der Waals surface area contributed by atoms with E-state index in [2.05, 4.69) is 12.2 Å². The number of aryl methyl sites for hydroxylation is 1. The van der Waals surface area contributed by atoms with Crippen LogP contribution in [0.3, 0.4) is 0 Å². The molecule has 1 heterocycles. The van der Waals surface area contributed by atoms with Crippen LogP contribution < -0.4 is 15.6 Å². The van der Waals surface area contributed by atoms with Gasteiger partial charge in [0.1, 0.15) is 5.75 Å². The van der Waals surface area contributed by atoms with Crippen LogP contribution in [0.25, 0.3) is 11.3 Å². The third-order valence-electron chi connectivity index (χ3n) is 3.82. The highest BCUT2D eigenvalue weighted by Gasteiger charge is 2.09. The van der Waals surface area contributed by atoms with Crippen LogP contribution in [0.4, 0.5) is 0 Å². The molecule has 0 spiro atoms. The summed E-state index contributed by atoms with van der Waals surface area (Å²) in [6.07, 6.45) is 1.06. The van der Waals surface area contributed by atoms with Crippen molar-refractivity contribution in [2.75, 3.05) is 13.7 Å². The molecule has 4 nitrogen and oxygen atoms in total. The van der Waals surface area contributed by atoms with E-state index in [1.165, 1.54) is 0 Å². The number of aromatic nitrogens is 1. The van der Waals surface area contributed by atoms with Crippen LogP contribution in [0.15, 0.2) is 35.1 Å². The molecule has 0 saturated heterocycles. The second-order valence-corrected chi connectivity index (χ2v) is 5.47. The van der Waals surface area contributed by atoms with Gasteiger partial charge < -0.3 is 14.6 Å². The molecule has 0 aliphatic carbocycles. The van der Waals surface area contributed by atoms with Gasteiger partial charge in [-0.3, -0.25) is 4.79 Å². The molecule has 0 aliphatic heterocycles. The fraction of sp³-hybridized carbons (Fsp3) is 0.389. The van der Waals surface area contributed by atoms with E-state index in [1.807, 2.05) is 44.3 Å². The van der Waals surface area contributed by atoms with Crippen molar-refractivity contribution in [2.45, 2.75) is 26.8 Å². The average molecular weight is 300 g/mol. The largest absolute Gasteiger partial charge is 0.496 e. The van der Waals surface area contributed by atoms with Crippen molar-refractivity contribution >= 4 is 0 Å². The normalized spacial score (nSPS) is 10.7. The van der Waals surface area contributed by atoms with E-state index >= 15 is 0 Å². The predicted octanol–water partition coefficient (Wildman–Crippen LogP) is 2.87. The monoisotopic (exact) mass is 300 g/mol. The molecule has 1 N–H and O–H groups in total. The summed E-state index contributed by atoms with van der Waals surface area (Å²) in [7, 11) is 3.48. The predicted molar refractivity (Wildman–Crippen MR) is 90.4 cm³/mol. The Kier molecular flexibility index (Phi) is 5.39. The smallest absolute Gasteiger partial charge is 0.255 e. The molecule has 0 aliphatic rings. The fourth-order valence-electron chi connectivity index (χ4n) is 2.55. The van der Waals surface area contributed by atoms with Crippen LogP contribution in [-0.4, -0.2) is 18.2 Å². The molecule has 0 radical (unpaired) electrons. The summed E-state index contributed by atoms with van der Waals surface area (Å²) in [5, 5.41) is 3.27. The standard InChI is InChI=1S/C18H24N2O2/c1-5-10-19-12-15-6-8-16(20(3)18(15)21)14-7-9-17(22-4)13(2)11-14/h6-9,11,19H,5,10,12H2,1-4H3. The van der Waals surface area contributed by atoms with Crippen molar-refractivity contribution in [3.63, 3.8) is 0 Å². The minimum atomic E-state index is 0.0505. The van der Waals surface area contributed by atoms with Crippen LogP contribution in [0.5, 0.6) is 5.75 Å². The first-order valence-corrected chi connectivity index (χ1v) is 7.63. The fourth-order valence-corrected chi connectivity index (χ4v) is 2.55. The lowest BCUT2D eigenvalue weighted by Gasteiger charge is -2.13. The third-order valence-corrected chi connectivity index (χ3v) is 3.82. The minimum Gasteiger partial charge on any atom is -0.496 e. The molecule has 0 amide bonds. The highest BCUT2D eigenvalue weighted by molar-refractivity contribution is 5.62. The maximum atomic E-state index is 12.5. The van der Waals surface area contributed by atoms with Crippen LogP contribution in [0.2, 0.25) is 0 Å². The summed E-state index contributed by atoms with van der Waals surface area (Å²) in [4.78, 5) is 12.5. The van der Waals surface area contributed by atoms with Crippen molar-refractivity contribution in [2.24, 2.45) is 7.05 Å². The highest BCUT2D eigenvalue weighted by Crippen LogP contribution is 2.25. The second-order valence-electron chi connectivity index (χ2n) is 5.47. The number of benzene rings is 1. The van der Waals surface area contributed by atoms with E-state index in [9.17, 15) is 4.79 Å². The van der Waals surface area contributed by atoms with Crippen molar-refractivity contribution in [3.05, 3.63) is 51.8 Å². The maximum Gasteiger partial charge on any atom is 0.255 e. The number of rotatable bonds is 6. The Morgan fingerprint density at radius 3 is 2.64 bits per heavy atom. The van der Waals surface area contributed by atoms with E-state index in [1.54, 1.807) is 11.7 Å². The van der Waals surface area contributed by atoms with Crippen molar-refractivity contribution in [3.8, 4) is 17.0 Å². The Balaban J connectivity index is 2.35. The second kappa shape index (κ2) is 7.27. The number of nitrogens with zero attached hydrogens (tertiary/aromatic N) is 1. The lowest BCUT2D eigenvalue weighted by atomic mass is 10.1. The average Bonchev–Trinajstić information content (AvgIpc) is 2.52. The summed E-state index contributed by atoms with van der Waals surface area (Å²) >= 11 is 0. The lowest BCUT2D eigenvalue weighted by molar-refractivity contribution is 0.412. The topological polar surface area (TPSA) is 43.3 Å². The van der Waals surface area contributed by atoms with Gasteiger partial charge >= 0.3 is 0 Å². The number of pyridine rings is 1. The van der Waals surface area contributed by atoms with E-state index in [0.29, 0.717) is 6.54 Å². The van der Waals surface area contributed by atoms with E-state index in [0.717, 1.165) is 41.1 Å². The Morgan fingerprint density at radius 1 is 1.23 bits per heavy atom. The molecule has 22 heavy (non-hydrogen) atoms. The molecule has 2 rings (SSSR count). The Labute approximate surface area is 131 Å². The van der Waals surface area contributed by atoms with Crippen molar-refractivity contribution in [1.29, 1.82) is 0 Å². The summed E-state index contributed by atoms with van der Waals surface area (Å²) in [6, 6.07) is 9.88. The number of nitrogens with one attached hydrogen (secondary N) is 1. The molecule has 1 aromatic heterocycles. The van der Waals surface area contributed by atoms with Crippen LogP contribution >= 0.6 is 0 Å². The van der Waals surface area contributed by atoms with Crippen LogP contribution in [-0.2, 0) is 13.6 Å². The van der Waals surface area contributed by atoms with E-state index in [4.69, 9.17) is 4.74 Å². The van der Waals surface area contributed by atoms with Gasteiger partial charge in [-0.25, -0.2) is 0 Å². The van der Waals surface area contributed by atoms with Gasteiger partial charge in [0.05, 0.1) is 12.8 Å². The quantitative estimate of drug-likeness (QED) is 0.834. The zero-order chi connectivity index (χ0) is 16.1. The first-order chi connectivity index (χ1) is 10.6. The zero-order valence-corrected chi connectivity index (χ0v) is 13.8. The first kappa shape index (κ1) is 16.3. The van der Waals surface area contributed by atoms with Gasteiger partial charge in [0.2, 0.25) is 0 Å². The van der Waals surface area contributed by atoms with Crippen LogP contribution in [0.1, 0.15) is 24.5 Å². The zero-order valence-electron chi connectivity index (χ0n) is 13.8. The minimum absolute atomic E-state index is 0.0505. The van der Waals surface area contributed by atoms with Crippen LogP contribution in [0, 0.1) is 6.92 Å². The number of ether oxygens (including phenoxy) is 1. The molecular weight excluding hydrogens is 276 g/mol. The van der Waals surface area contributed by atoms with Gasteiger partial charge in [0.25, 0.3) is 5.56 Å². The summed E-state index contributed by atoms with van der Waals surface area (Å²) < 4.78 is 7.00. The number of hydrogen-bond acceptors (Lipinski definition) is 3. The van der Waals surface area contributed by atoms with Crippen molar-refractivity contribution in [1.82, 2.24) is 9.88 Å². The molecule has 0 fully saturated rings. The first-order valence-electron chi connectivity index (χ1n) is 7.63. The molecule has 2 aromatic rings. The molecule has 0 unspecified atom stereocenters. The van der Waals surface area contributed by atoms with E-state index in [-0.39, 0.29) is 5.56 Å². The Hall–Kier alpha value is -2.07. The number of hydrogen-bond donors (Lipinski definition) is 1. The van der Waals surface area contributed by atoms with Gasteiger partial charge in [-0.15, -0.1) is 0 Å². The molecule has 0 saturated carbocycles. The molecule has 0 atom stereocenters. The van der Waals surface area contributed by atoms with Gasteiger partial charge in [0, 0.05) is 19.2 Å². The molecule has 118 valence electrons. The SMILES string of the molecule is CCCNCc1ccc(-c2ccc(OC)c(C)c2)n(C)c1=O. The summed E-state index contributed by atoms with van der Waals surface area (Å²) in [5.41, 5.74) is 3.83. The van der Waals surface area contributed by atoms with Gasteiger partial charge in [-0.1, -0.05) is 13.0 Å². The van der Waals surface area contributed by atoms with E-state index < -0.39 is 0 Å². The number of methoxy groups -OCH3 is 1.